The van der Waals surface area contributed by atoms with Crippen molar-refractivity contribution in [1.82, 2.24) is 20.2 Å². The van der Waals surface area contributed by atoms with Crippen LogP contribution in [-0.4, -0.2) is 20.2 Å². The maximum absolute atomic E-state index is 5.85. The van der Waals surface area contributed by atoms with E-state index in [2.05, 4.69) is 15.4 Å². The number of hydrogen-bond donors (Lipinski definition) is 0. The topological polar surface area (TPSA) is 43.6 Å². The fourth-order valence-corrected chi connectivity index (χ4v) is 1.84. The summed E-state index contributed by atoms with van der Waals surface area (Å²) in [6, 6.07) is 15.3. The Morgan fingerprint density at radius 1 is 0.947 bits per heavy atom. The molecular weight excluding hydrogens is 260 g/mol. The molecule has 0 N–H and O–H groups in total. The third kappa shape index (κ3) is 2.48. The lowest BCUT2D eigenvalue weighted by Gasteiger charge is -1.98. The second-order valence-electron chi connectivity index (χ2n) is 4.24. The van der Waals surface area contributed by atoms with Crippen molar-refractivity contribution < 1.29 is 0 Å². The molecule has 0 aliphatic rings. The number of aryl methyl sites for hydroxylation is 1. The summed E-state index contributed by atoms with van der Waals surface area (Å²) >= 11 is 5.85. The van der Waals surface area contributed by atoms with Crippen LogP contribution in [0.4, 0.5) is 0 Å². The van der Waals surface area contributed by atoms with Gasteiger partial charge in [-0.25, -0.2) is 0 Å². The zero-order valence-electron chi connectivity index (χ0n) is 10.3. The van der Waals surface area contributed by atoms with Crippen LogP contribution in [-0.2, 0) is 0 Å². The summed E-state index contributed by atoms with van der Waals surface area (Å²) < 4.78 is 0. The van der Waals surface area contributed by atoms with Crippen molar-refractivity contribution in [2.24, 2.45) is 0 Å². The van der Waals surface area contributed by atoms with Crippen LogP contribution >= 0.6 is 11.6 Å². The minimum Gasteiger partial charge on any atom is -0.130 e. The first-order valence-electron chi connectivity index (χ1n) is 5.85. The maximum atomic E-state index is 5.85. The second-order valence-corrected chi connectivity index (χ2v) is 4.68. The Hall–Kier alpha value is -2.20. The largest absolute Gasteiger partial charge is 0.205 e. The molecule has 0 saturated heterocycles. The lowest BCUT2D eigenvalue weighted by molar-refractivity contribution is 0.720. The maximum Gasteiger partial charge on any atom is 0.205 e. The van der Waals surface area contributed by atoms with Gasteiger partial charge in [-0.1, -0.05) is 41.4 Å². The first-order chi connectivity index (χ1) is 9.22. The van der Waals surface area contributed by atoms with Crippen molar-refractivity contribution in [1.29, 1.82) is 0 Å². The number of tetrazole rings is 1. The van der Waals surface area contributed by atoms with E-state index >= 15 is 0 Å². The number of nitrogens with zero attached hydrogens (tertiary/aromatic N) is 4. The lowest BCUT2D eigenvalue weighted by Crippen LogP contribution is -1.98. The van der Waals surface area contributed by atoms with Gasteiger partial charge in [0.05, 0.1) is 5.69 Å². The van der Waals surface area contributed by atoms with Crippen molar-refractivity contribution in [2.45, 2.75) is 6.92 Å². The van der Waals surface area contributed by atoms with Gasteiger partial charge in [0.25, 0.3) is 0 Å². The molecule has 4 nitrogen and oxygen atoms in total. The van der Waals surface area contributed by atoms with Gasteiger partial charge in [-0.05, 0) is 36.4 Å². The minimum absolute atomic E-state index is 0.606. The van der Waals surface area contributed by atoms with E-state index in [0.29, 0.717) is 10.8 Å². The van der Waals surface area contributed by atoms with Crippen molar-refractivity contribution in [3.63, 3.8) is 0 Å². The van der Waals surface area contributed by atoms with Crippen LogP contribution in [0, 0.1) is 6.92 Å². The Kier molecular flexibility index (Phi) is 3.01. The minimum atomic E-state index is 0.606. The van der Waals surface area contributed by atoms with Crippen molar-refractivity contribution in [3.8, 4) is 17.1 Å². The van der Waals surface area contributed by atoms with Crippen molar-refractivity contribution >= 4 is 11.6 Å². The summed E-state index contributed by atoms with van der Waals surface area (Å²) in [4.78, 5) is 1.49. The highest BCUT2D eigenvalue weighted by molar-refractivity contribution is 6.30. The van der Waals surface area contributed by atoms with Gasteiger partial charge < -0.3 is 0 Å². The molecule has 0 fully saturated rings. The molecule has 0 spiro atoms. The van der Waals surface area contributed by atoms with E-state index in [9.17, 15) is 0 Å². The van der Waals surface area contributed by atoms with Crippen LogP contribution < -0.4 is 0 Å². The van der Waals surface area contributed by atoms with Crippen molar-refractivity contribution in [3.05, 3.63) is 59.1 Å². The fourth-order valence-electron chi connectivity index (χ4n) is 1.72. The second kappa shape index (κ2) is 4.82. The Balaban J connectivity index is 1.95. The third-order valence-electron chi connectivity index (χ3n) is 2.78. The van der Waals surface area contributed by atoms with Gasteiger partial charge in [0.15, 0.2) is 0 Å². The number of rotatable bonds is 2. The lowest BCUT2D eigenvalue weighted by atomic mass is 10.1. The number of benzene rings is 2. The van der Waals surface area contributed by atoms with Crippen LogP contribution in [0.1, 0.15) is 5.56 Å². The SMILES string of the molecule is Cc1ccc(-c2nnn(-c3ccc(Cl)cc3)n2)cc1. The Morgan fingerprint density at radius 3 is 2.32 bits per heavy atom. The molecule has 1 aromatic heterocycles. The molecule has 0 aliphatic heterocycles. The molecule has 1 heterocycles. The molecule has 0 unspecified atom stereocenters. The molecule has 5 heteroatoms. The van der Waals surface area contributed by atoms with Crippen LogP contribution in [0.15, 0.2) is 48.5 Å². The van der Waals surface area contributed by atoms with Crippen LogP contribution in [0.2, 0.25) is 5.02 Å². The fraction of sp³-hybridized carbons (Fsp3) is 0.0714. The van der Waals surface area contributed by atoms with E-state index in [1.165, 1.54) is 10.4 Å². The van der Waals surface area contributed by atoms with Gasteiger partial charge in [-0.15, -0.1) is 15.0 Å². The molecule has 0 radical (unpaired) electrons. The molecule has 0 amide bonds. The Bertz CT molecular complexity index is 626. The normalized spacial score (nSPS) is 10.6. The van der Waals surface area contributed by atoms with E-state index in [4.69, 9.17) is 11.6 Å². The number of halogens is 1. The molecule has 3 rings (SSSR count). The average Bonchev–Trinajstić information content (AvgIpc) is 2.90. The Labute approximate surface area is 115 Å². The zero-order valence-corrected chi connectivity index (χ0v) is 11.0. The number of hydrogen-bond acceptors (Lipinski definition) is 3. The molecule has 2 aromatic carbocycles. The third-order valence-corrected chi connectivity index (χ3v) is 3.03. The van der Waals surface area contributed by atoms with Gasteiger partial charge >= 0.3 is 0 Å². The summed E-state index contributed by atoms with van der Waals surface area (Å²) in [6.07, 6.45) is 0. The van der Waals surface area contributed by atoms with Gasteiger partial charge in [0, 0.05) is 10.6 Å². The van der Waals surface area contributed by atoms with E-state index in [1.807, 2.05) is 43.3 Å². The Morgan fingerprint density at radius 2 is 1.63 bits per heavy atom. The highest BCUT2D eigenvalue weighted by atomic mass is 35.5. The zero-order chi connectivity index (χ0) is 13.2. The monoisotopic (exact) mass is 270 g/mol. The van der Waals surface area contributed by atoms with Crippen LogP contribution in [0.25, 0.3) is 17.1 Å². The smallest absolute Gasteiger partial charge is 0.130 e. The summed E-state index contributed by atoms with van der Waals surface area (Å²) in [5, 5.41) is 13.2. The predicted octanol–water partition coefficient (Wildman–Crippen LogP) is 3.29. The summed E-state index contributed by atoms with van der Waals surface area (Å²) in [7, 11) is 0. The van der Waals surface area contributed by atoms with Crippen LogP contribution in [0.3, 0.4) is 0 Å². The molecule has 94 valence electrons. The highest BCUT2D eigenvalue weighted by Gasteiger charge is 2.06. The standard InChI is InChI=1S/C14H11ClN4/c1-10-2-4-11(5-3-10)14-16-18-19(17-14)13-8-6-12(15)7-9-13/h2-9H,1H3. The molecule has 19 heavy (non-hydrogen) atoms. The molecule has 0 bridgehead atoms. The van der Waals surface area contributed by atoms with Crippen molar-refractivity contribution in [2.75, 3.05) is 0 Å². The molecule has 0 saturated carbocycles. The number of aromatic nitrogens is 4. The first-order valence-corrected chi connectivity index (χ1v) is 6.23. The van der Waals surface area contributed by atoms with Gasteiger partial charge in [0.1, 0.15) is 0 Å². The first kappa shape index (κ1) is 11.9. The predicted molar refractivity (Wildman–Crippen MR) is 74.3 cm³/mol. The van der Waals surface area contributed by atoms with Gasteiger partial charge in [-0.2, -0.15) is 0 Å². The molecule has 0 aliphatic carbocycles. The van der Waals surface area contributed by atoms with Gasteiger partial charge in [-0.3, -0.25) is 0 Å². The summed E-state index contributed by atoms with van der Waals surface area (Å²) in [6.45, 7) is 2.04. The summed E-state index contributed by atoms with van der Waals surface area (Å²) in [5.74, 6) is 0.606. The van der Waals surface area contributed by atoms with E-state index in [0.717, 1.165) is 11.3 Å². The molecular formula is C14H11ClN4. The van der Waals surface area contributed by atoms with Crippen LogP contribution in [0.5, 0.6) is 0 Å². The van der Waals surface area contributed by atoms with Gasteiger partial charge in [0.2, 0.25) is 5.82 Å². The highest BCUT2D eigenvalue weighted by Crippen LogP contribution is 2.16. The quantitative estimate of drug-likeness (QED) is 0.718. The summed E-state index contributed by atoms with van der Waals surface area (Å²) in [5.41, 5.74) is 2.98. The average molecular weight is 271 g/mol. The van der Waals surface area contributed by atoms with E-state index in [-0.39, 0.29) is 0 Å². The van der Waals surface area contributed by atoms with E-state index < -0.39 is 0 Å². The molecule has 3 aromatic rings. The molecule has 0 atom stereocenters. The van der Waals surface area contributed by atoms with E-state index in [1.54, 1.807) is 12.1 Å².